The number of hydrogen-bond acceptors (Lipinski definition) is 5. The van der Waals surface area contributed by atoms with Gasteiger partial charge in [0, 0.05) is 13.5 Å². The highest BCUT2D eigenvalue weighted by molar-refractivity contribution is 5.79. The first-order chi connectivity index (χ1) is 12.1. The fourth-order valence-electron chi connectivity index (χ4n) is 4.08. The molecule has 6 heteroatoms. The SMILES string of the molecule is Cc1ccc(COCC(=O)N2CC[C@@H]3CC[C@@]32c2nnc(C)o2)cc1. The molecule has 0 radical (unpaired) electrons. The number of fused-ring (bicyclic) bond motifs is 1. The normalized spacial score (nSPS) is 24.9. The van der Waals surface area contributed by atoms with E-state index in [0.29, 0.717) is 24.3 Å². The van der Waals surface area contributed by atoms with Crippen molar-refractivity contribution in [3.05, 3.63) is 47.2 Å². The summed E-state index contributed by atoms with van der Waals surface area (Å²) in [6, 6.07) is 8.15. The Morgan fingerprint density at radius 2 is 2.08 bits per heavy atom. The predicted octanol–water partition coefficient (Wildman–Crippen LogP) is 2.74. The van der Waals surface area contributed by atoms with E-state index in [1.54, 1.807) is 6.92 Å². The quantitative estimate of drug-likeness (QED) is 0.836. The van der Waals surface area contributed by atoms with Crippen LogP contribution in [0.15, 0.2) is 28.7 Å². The second-order valence-electron chi connectivity index (χ2n) is 7.10. The molecule has 2 heterocycles. The maximum absolute atomic E-state index is 12.8. The Morgan fingerprint density at radius 3 is 2.72 bits per heavy atom. The minimum atomic E-state index is -0.397. The van der Waals surface area contributed by atoms with Gasteiger partial charge in [0.2, 0.25) is 17.7 Å². The van der Waals surface area contributed by atoms with Crippen molar-refractivity contribution in [2.24, 2.45) is 5.92 Å². The molecular weight excluding hydrogens is 318 g/mol. The highest BCUT2D eigenvalue weighted by atomic mass is 16.5. The number of hydrogen-bond donors (Lipinski definition) is 0. The fourth-order valence-corrected chi connectivity index (χ4v) is 4.08. The van der Waals surface area contributed by atoms with Crippen molar-refractivity contribution >= 4 is 5.91 Å². The van der Waals surface area contributed by atoms with Crippen molar-refractivity contribution in [2.45, 2.75) is 45.3 Å². The first-order valence-electron chi connectivity index (χ1n) is 8.84. The molecule has 1 aromatic heterocycles. The maximum atomic E-state index is 12.8. The number of aryl methyl sites for hydroxylation is 2. The number of likely N-dealkylation sites (tertiary alicyclic amines) is 1. The Hall–Kier alpha value is -2.21. The topological polar surface area (TPSA) is 68.5 Å². The number of carbonyl (C=O) groups is 1. The molecule has 1 aliphatic carbocycles. The van der Waals surface area contributed by atoms with E-state index in [-0.39, 0.29) is 12.5 Å². The Morgan fingerprint density at radius 1 is 1.28 bits per heavy atom. The molecule has 0 spiro atoms. The summed E-state index contributed by atoms with van der Waals surface area (Å²) in [5.74, 6) is 1.56. The third kappa shape index (κ3) is 2.74. The fraction of sp³-hybridized carbons (Fsp3) is 0.526. The maximum Gasteiger partial charge on any atom is 0.249 e. The van der Waals surface area contributed by atoms with Crippen molar-refractivity contribution in [1.82, 2.24) is 15.1 Å². The van der Waals surface area contributed by atoms with Crippen LogP contribution in [0.3, 0.4) is 0 Å². The first kappa shape index (κ1) is 16.3. The lowest BCUT2D eigenvalue weighted by Crippen LogP contribution is -2.54. The van der Waals surface area contributed by atoms with Gasteiger partial charge in [-0.05, 0) is 37.7 Å². The molecule has 1 saturated carbocycles. The largest absolute Gasteiger partial charge is 0.423 e. The van der Waals surface area contributed by atoms with E-state index in [1.165, 1.54) is 5.56 Å². The van der Waals surface area contributed by atoms with Gasteiger partial charge in [-0.3, -0.25) is 4.79 Å². The summed E-state index contributed by atoms with van der Waals surface area (Å²) in [4.78, 5) is 14.7. The molecule has 6 nitrogen and oxygen atoms in total. The summed E-state index contributed by atoms with van der Waals surface area (Å²) in [7, 11) is 0. The number of nitrogens with zero attached hydrogens (tertiary/aromatic N) is 3. The molecular formula is C19H23N3O3. The Bertz CT molecular complexity index is 770. The van der Waals surface area contributed by atoms with E-state index >= 15 is 0 Å². The standard InChI is InChI=1S/C19H23N3O3/c1-13-3-5-15(6-4-13)11-24-12-17(23)22-10-8-16-7-9-19(16,22)18-21-20-14(2)25-18/h3-6,16H,7-12H2,1-2H3/t16-,19-/m0/s1. The first-order valence-corrected chi connectivity index (χ1v) is 8.84. The molecule has 0 unspecified atom stereocenters. The van der Waals surface area contributed by atoms with Crippen molar-refractivity contribution in [3.63, 3.8) is 0 Å². The molecule has 1 saturated heterocycles. The van der Waals surface area contributed by atoms with Gasteiger partial charge in [-0.15, -0.1) is 10.2 Å². The number of carbonyl (C=O) groups excluding carboxylic acids is 1. The van der Waals surface area contributed by atoms with Gasteiger partial charge in [-0.1, -0.05) is 29.8 Å². The van der Waals surface area contributed by atoms with E-state index in [9.17, 15) is 4.79 Å². The molecule has 0 N–H and O–H groups in total. The van der Waals surface area contributed by atoms with Crippen molar-refractivity contribution in [3.8, 4) is 0 Å². The predicted molar refractivity (Wildman–Crippen MR) is 90.6 cm³/mol. The van der Waals surface area contributed by atoms with Crippen LogP contribution in [-0.4, -0.2) is 34.2 Å². The molecule has 2 aliphatic rings. The van der Waals surface area contributed by atoms with Gasteiger partial charge in [0.25, 0.3) is 0 Å². The molecule has 0 bridgehead atoms. The highest BCUT2D eigenvalue weighted by Gasteiger charge is 2.60. The van der Waals surface area contributed by atoms with Crippen LogP contribution in [0, 0.1) is 19.8 Å². The molecule has 25 heavy (non-hydrogen) atoms. The van der Waals surface area contributed by atoms with Crippen molar-refractivity contribution in [2.75, 3.05) is 13.2 Å². The third-order valence-corrected chi connectivity index (χ3v) is 5.54. The van der Waals surface area contributed by atoms with Crippen LogP contribution >= 0.6 is 0 Å². The van der Waals surface area contributed by atoms with Crippen LogP contribution in [-0.2, 0) is 21.7 Å². The van der Waals surface area contributed by atoms with Gasteiger partial charge in [0.05, 0.1) is 6.61 Å². The minimum Gasteiger partial charge on any atom is -0.423 e. The molecule has 2 fully saturated rings. The molecule has 1 aromatic carbocycles. The summed E-state index contributed by atoms with van der Waals surface area (Å²) < 4.78 is 11.4. The lowest BCUT2D eigenvalue weighted by atomic mass is 9.67. The zero-order valence-corrected chi connectivity index (χ0v) is 14.7. The summed E-state index contributed by atoms with van der Waals surface area (Å²) in [5, 5.41) is 8.18. The molecule has 4 rings (SSSR count). The Labute approximate surface area is 147 Å². The monoisotopic (exact) mass is 341 g/mol. The zero-order chi connectivity index (χ0) is 17.4. The number of amides is 1. The average Bonchev–Trinajstić information content (AvgIpc) is 3.11. The second kappa shape index (κ2) is 6.26. The summed E-state index contributed by atoms with van der Waals surface area (Å²) in [6.45, 7) is 5.09. The number of benzene rings is 1. The summed E-state index contributed by atoms with van der Waals surface area (Å²) in [6.07, 6.45) is 2.99. The van der Waals surface area contributed by atoms with E-state index in [0.717, 1.165) is 31.4 Å². The van der Waals surface area contributed by atoms with Crippen molar-refractivity contribution in [1.29, 1.82) is 0 Å². The summed E-state index contributed by atoms with van der Waals surface area (Å²) in [5.41, 5.74) is 1.89. The van der Waals surface area contributed by atoms with Crippen LogP contribution in [0.1, 0.15) is 42.2 Å². The minimum absolute atomic E-state index is 0.00478. The third-order valence-electron chi connectivity index (χ3n) is 5.54. The van der Waals surface area contributed by atoms with Crippen LogP contribution in [0.5, 0.6) is 0 Å². The van der Waals surface area contributed by atoms with Crippen LogP contribution < -0.4 is 0 Å². The molecule has 2 aromatic rings. The van der Waals surface area contributed by atoms with Crippen molar-refractivity contribution < 1.29 is 13.9 Å². The number of rotatable bonds is 5. The highest BCUT2D eigenvalue weighted by Crippen LogP contribution is 2.56. The van der Waals surface area contributed by atoms with E-state index in [1.807, 2.05) is 29.2 Å². The number of aromatic nitrogens is 2. The molecule has 132 valence electrons. The molecule has 1 aliphatic heterocycles. The van der Waals surface area contributed by atoms with Gasteiger partial charge in [0.15, 0.2) is 0 Å². The molecule has 2 atom stereocenters. The van der Waals surface area contributed by atoms with Gasteiger partial charge < -0.3 is 14.1 Å². The number of ether oxygens (including phenoxy) is 1. The second-order valence-corrected chi connectivity index (χ2v) is 7.10. The van der Waals surface area contributed by atoms with Gasteiger partial charge in [-0.25, -0.2) is 0 Å². The lowest BCUT2D eigenvalue weighted by molar-refractivity contribution is -0.147. The van der Waals surface area contributed by atoms with Gasteiger partial charge in [0.1, 0.15) is 12.1 Å². The van der Waals surface area contributed by atoms with Gasteiger partial charge >= 0.3 is 0 Å². The smallest absolute Gasteiger partial charge is 0.249 e. The van der Waals surface area contributed by atoms with Crippen LogP contribution in [0.4, 0.5) is 0 Å². The van der Waals surface area contributed by atoms with Crippen LogP contribution in [0.2, 0.25) is 0 Å². The van der Waals surface area contributed by atoms with Gasteiger partial charge in [-0.2, -0.15) is 0 Å². The van der Waals surface area contributed by atoms with E-state index in [4.69, 9.17) is 9.15 Å². The van der Waals surface area contributed by atoms with E-state index in [2.05, 4.69) is 17.1 Å². The lowest BCUT2D eigenvalue weighted by Gasteiger charge is -2.47. The van der Waals surface area contributed by atoms with E-state index < -0.39 is 5.54 Å². The molecule has 1 amide bonds. The summed E-state index contributed by atoms with van der Waals surface area (Å²) >= 11 is 0. The Balaban J connectivity index is 1.42. The Kier molecular flexibility index (Phi) is 4.07. The zero-order valence-electron chi connectivity index (χ0n) is 14.7. The van der Waals surface area contributed by atoms with Crippen LogP contribution in [0.25, 0.3) is 0 Å². The average molecular weight is 341 g/mol.